The molecule has 166 valence electrons. The largest absolute Gasteiger partial charge is 0.444 e. The lowest BCUT2D eigenvalue weighted by Gasteiger charge is -2.12. The molecule has 1 aromatic carbocycles. The van der Waals surface area contributed by atoms with Gasteiger partial charge in [0.15, 0.2) is 5.96 Å². The van der Waals surface area contributed by atoms with Gasteiger partial charge in [0.25, 0.3) is 0 Å². The van der Waals surface area contributed by atoms with Crippen molar-refractivity contribution < 1.29 is 18.3 Å². The first-order chi connectivity index (χ1) is 14.2. The van der Waals surface area contributed by atoms with Gasteiger partial charge in [0, 0.05) is 45.3 Å². The molecule has 1 fully saturated rings. The molecular formula is C21H30FIN4O3. The highest BCUT2D eigenvalue weighted by atomic mass is 127. The molecule has 0 amide bonds. The molecule has 30 heavy (non-hydrogen) atoms. The van der Waals surface area contributed by atoms with Gasteiger partial charge in [0.1, 0.15) is 12.1 Å². The van der Waals surface area contributed by atoms with E-state index in [1.807, 2.05) is 0 Å². The topological polar surface area (TPSA) is 80.9 Å². The predicted molar refractivity (Wildman–Crippen MR) is 125 cm³/mol. The Morgan fingerprint density at radius 3 is 2.80 bits per heavy atom. The third-order valence-corrected chi connectivity index (χ3v) is 4.63. The van der Waals surface area contributed by atoms with Gasteiger partial charge in [-0.2, -0.15) is 0 Å². The maximum atomic E-state index is 13.0. The van der Waals surface area contributed by atoms with E-state index < -0.39 is 0 Å². The first-order valence-electron chi connectivity index (χ1n) is 10.1. The minimum Gasteiger partial charge on any atom is -0.444 e. The third kappa shape index (κ3) is 8.19. The van der Waals surface area contributed by atoms with Crippen LogP contribution in [-0.2, 0) is 15.9 Å². The van der Waals surface area contributed by atoms with Crippen LogP contribution in [0.1, 0.15) is 25.0 Å². The molecule has 0 spiro atoms. The van der Waals surface area contributed by atoms with Crippen LogP contribution in [0, 0.1) is 5.82 Å². The van der Waals surface area contributed by atoms with E-state index in [0.717, 1.165) is 49.6 Å². The van der Waals surface area contributed by atoms with Crippen LogP contribution in [-0.4, -0.2) is 57.0 Å². The van der Waals surface area contributed by atoms with Gasteiger partial charge in [-0.1, -0.05) is 0 Å². The van der Waals surface area contributed by atoms with Gasteiger partial charge >= 0.3 is 0 Å². The van der Waals surface area contributed by atoms with Crippen LogP contribution >= 0.6 is 24.0 Å². The summed E-state index contributed by atoms with van der Waals surface area (Å²) in [6.45, 7) is 3.70. The molecule has 2 heterocycles. The average molecular weight is 532 g/mol. The highest BCUT2D eigenvalue weighted by Gasteiger charge is 2.14. The van der Waals surface area contributed by atoms with E-state index in [2.05, 4.69) is 20.6 Å². The maximum absolute atomic E-state index is 13.0. The fourth-order valence-corrected chi connectivity index (χ4v) is 3.05. The molecule has 1 saturated heterocycles. The number of guanidine groups is 1. The van der Waals surface area contributed by atoms with Gasteiger partial charge < -0.3 is 24.5 Å². The van der Waals surface area contributed by atoms with Crippen LogP contribution in [0.4, 0.5) is 4.39 Å². The van der Waals surface area contributed by atoms with Crippen molar-refractivity contribution in [2.75, 3.05) is 40.0 Å². The van der Waals surface area contributed by atoms with Crippen molar-refractivity contribution >= 4 is 29.9 Å². The van der Waals surface area contributed by atoms with E-state index in [0.29, 0.717) is 32.1 Å². The zero-order chi connectivity index (χ0) is 20.3. The number of aromatic nitrogens is 1. The monoisotopic (exact) mass is 532 g/mol. The summed E-state index contributed by atoms with van der Waals surface area (Å²) in [4.78, 5) is 8.66. The Labute approximate surface area is 193 Å². The third-order valence-electron chi connectivity index (χ3n) is 4.63. The number of oxazole rings is 1. The zero-order valence-electron chi connectivity index (χ0n) is 17.2. The van der Waals surface area contributed by atoms with Crippen LogP contribution in [0.3, 0.4) is 0 Å². The Bertz CT molecular complexity index is 764. The molecule has 1 aliphatic rings. The molecule has 1 unspecified atom stereocenters. The second kappa shape index (κ2) is 13.6. The van der Waals surface area contributed by atoms with Crippen LogP contribution in [0.2, 0.25) is 0 Å². The predicted octanol–water partition coefficient (Wildman–Crippen LogP) is 3.39. The summed E-state index contributed by atoms with van der Waals surface area (Å²) < 4.78 is 29.7. The minimum absolute atomic E-state index is 0. The summed E-state index contributed by atoms with van der Waals surface area (Å²) in [5.41, 5.74) is 1.58. The molecule has 1 aromatic heterocycles. The number of aliphatic imine (C=N–C) groups is 1. The minimum atomic E-state index is -0.280. The van der Waals surface area contributed by atoms with Crippen molar-refractivity contribution in [2.45, 2.75) is 31.8 Å². The van der Waals surface area contributed by atoms with Gasteiger partial charge in [0.2, 0.25) is 5.89 Å². The molecule has 7 nitrogen and oxygen atoms in total. The second-order valence-corrected chi connectivity index (χ2v) is 6.89. The molecule has 2 aromatic rings. The van der Waals surface area contributed by atoms with Crippen molar-refractivity contribution in [3.8, 4) is 11.5 Å². The first-order valence-corrected chi connectivity index (χ1v) is 10.1. The highest BCUT2D eigenvalue weighted by Crippen LogP contribution is 2.19. The number of nitrogens with zero attached hydrogens (tertiary/aromatic N) is 2. The Hall–Kier alpha value is -1.72. The first kappa shape index (κ1) is 24.5. The Balaban J connectivity index is 0.00000320. The number of hydrogen-bond acceptors (Lipinski definition) is 5. The summed E-state index contributed by atoms with van der Waals surface area (Å²) in [7, 11) is 1.74. The number of halogens is 2. The van der Waals surface area contributed by atoms with Crippen molar-refractivity contribution in [3.63, 3.8) is 0 Å². The molecule has 0 radical (unpaired) electrons. The summed E-state index contributed by atoms with van der Waals surface area (Å²) in [5, 5.41) is 6.53. The van der Waals surface area contributed by atoms with Gasteiger partial charge in [-0.3, -0.25) is 4.99 Å². The molecule has 1 atom stereocenters. The Morgan fingerprint density at radius 2 is 2.07 bits per heavy atom. The van der Waals surface area contributed by atoms with Crippen molar-refractivity contribution in [3.05, 3.63) is 42.0 Å². The fraction of sp³-hybridized carbons (Fsp3) is 0.524. The van der Waals surface area contributed by atoms with E-state index in [-0.39, 0.29) is 35.9 Å². The van der Waals surface area contributed by atoms with Crippen LogP contribution in [0.25, 0.3) is 11.5 Å². The lowest BCUT2D eigenvalue weighted by Crippen LogP contribution is -2.39. The van der Waals surface area contributed by atoms with Gasteiger partial charge in [0.05, 0.1) is 18.4 Å². The standard InChI is InChI=1S/C21H29FN4O3.HI/c1-23-21(24-10-3-12-27-15-19-4-2-13-28-19)25-11-9-18-14-29-20(26-18)16-5-7-17(22)8-6-16;/h5-8,14,19H,2-4,9-13,15H2,1H3,(H2,23,24,25);1H. The average Bonchev–Trinajstić information content (AvgIpc) is 3.42. The zero-order valence-corrected chi connectivity index (χ0v) is 19.6. The maximum Gasteiger partial charge on any atom is 0.226 e. The van der Waals surface area contributed by atoms with Crippen LogP contribution < -0.4 is 10.6 Å². The lowest BCUT2D eigenvalue weighted by atomic mass is 10.2. The molecule has 3 rings (SSSR count). The fourth-order valence-electron chi connectivity index (χ4n) is 3.05. The number of ether oxygens (including phenoxy) is 2. The summed E-state index contributed by atoms with van der Waals surface area (Å²) in [6.07, 6.45) is 5.73. The molecule has 0 bridgehead atoms. The summed E-state index contributed by atoms with van der Waals surface area (Å²) in [5.74, 6) is 0.954. The van der Waals surface area contributed by atoms with Crippen LogP contribution in [0.15, 0.2) is 39.9 Å². The number of rotatable bonds is 10. The Kier molecular flexibility index (Phi) is 11.1. The van der Waals surface area contributed by atoms with E-state index in [1.165, 1.54) is 12.1 Å². The molecular weight excluding hydrogens is 502 g/mol. The quantitative estimate of drug-likeness (QED) is 0.212. The van der Waals surface area contributed by atoms with E-state index in [4.69, 9.17) is 13.9 Å². The van der Waals surface area contributed by atoms with Crippen molar-refractivity contribution in [1.29, 1.82) is 0 Å². The number of benzene rings is 1. The van der Waals surface area contributed by atoms with E-state index in [9.17, 15) is 4.39 Å². The second-order valence-electron chi connectivity index (χ2n) is 6.89. The van der Waals surface area contributed by atoms with Gasteiger partial charge in [-0.15, -0.1) is 24.0 Å². The van der Waals surface area contributed by atoms with Crippen molar-refractivity contribution in [2.24, 2.45) is 4.99 Å². The molecule has 0 aliphatic carbocycles. The molecule has 9 heteroatoms. The Morgan fingerprint density at radius 1 is 1.27 bits per heavy atom. The molecule has 2 N–H and O–H groups in total. The highest BCUT2D eigenvalue weighted by molar-refractivity contribution is 14.0. The lowest BCUT2D eigenvalue weighted by molar-refractivity contribution is 0.0168. The molecule has 0 saturated carbocycles. The number of hydrogen-bond donors (Lipinski definition) is 2. The summed E-state index contributed by atoms with van der Waals surface area (Å²) in [6, 6.07) is 6.09. The molecule has 1 aliphatic heterocycles. The van der Waals surface area contributed by atoms with Crippen molar-refractivity contribution in [1.82, 2.24) is 15.6 Å². The smallest absolute Gasteiger partial charge is 0.226 e. The van der Waals surface area contributed by atoms with Gasteiger partial charge in [-0.25, -0.2) is 9.37 Å². The van der Waals surface area contributed by atoms with Gasteiger partial charge in [-0.05, 0) is 43.5 Å². The summed E-state index contributed by atoms with van der Waals surface area (Å²) >= 11 is 0. The number of nitrogens with one attached hydrogen (secondary N) is 2. The SMILES string of the molecule is CN=C(NCCCOCC1CCCO1)NCCc1coc(-c2ccc(F)cc2)n1.I. The van der Waals surface area contributed by atoms with E-state index in [1.54, 1.807) is 25.4 Å². The normalized spacial score (nSPS) is 16.3. The van der Waals surface area contributed by atoms with Crippen LogP contribution in [0.5, 0.6) is 0 Å². The van der Waals surface area contributed by atoms with E-state index >= 15 is 0 Å².